The van der Waals surface area contributed by atoms with Crippen LogP contribution in [0, 0.1) is 0 Å². The van der Waals surface area contributed by atoms with Crippen LogP contribution in [0.15, 0.2) is 30.3 Å². The number of carbonyl (C=O) groups is 2. The molecule has 110 valence electrons. The zero-order chi connectivity index (χ0) is 15.3. The van der Waals surface area contributed by atoms with Crippen molar-refractivity contribution in [1.29, 1.82) is 0 Å². The van der Waals surface area contributed by atoms with Gasteiger partial charge in [-0.2, -0.15) is 12.6 Å². The number of carboxylic acids is 1. The molecule has 0 aliphatic carbocycles. The van der Waals surface area contributed by atoms with E-state index in [-0.39, 0.29) is 0 Å². The normalized spacial score (nSPS) is 14.2. The summed E-state index contributed by atoms with van der Waals surface area (Å²) in [6.45, 7) is 5.12. The smallest absolute Gasteiger partial charge is 0.408 e. The zero-order valence-electron chi connectivity index (χ0n) is 11.7. The number of alkyl carbamates (subject to hydrolysis) is 1. The fourth-order valence-electron chi connectivity index (χ4n) is 1.55. The van der Waals surface area contributed by atoms with Gasteiger partial charge in [0.25, 0.3) is 0 Å². The summed E-state index contributed by atoms with van der Waals surface area (Å²) in [5.74, 6) is -1.17. The summed E-state index contributed by atoms with van der Waals surface area (Å²) in [4.78, 5) is 23.0. The third-order valence-corrected chi connectivity index (χ3v) is 2.99. The van der Waals surface area contributed by atoms with Crippen LogP contribution in [0.25, 0.3) is 0 Å². The van der Waals surface area contributed by atoms with E-state index in [0.29, 0.717) is 5.56 Å². The molecule has 0 aromatic heterocycles. The molecule has 2 N–H and O–H groups in total. The van der Waals surface area contributed by atoms with Crippen molar-refractivity contribution in [3.05, 3.63) is 35.9 Å². The first-order valence-corrected chi connectivity index (χ1v) is 6.67. The predicted octanol–water partition coefficient (Wildman–Crippen LogP) is 2.64. The summed E-state index contributed by atoms with van der Waals surface area (Å²) in [6, 6.07) is 7.72. The average molecular weight is 297 g/mol. The van der Waals surface area contributed by atoms with E-state index in [4.69, 9.17) is 4.74 Å². The van der Waals surface area contributed by atoms with Gasteiger partial charge in [-0.3, -0.25) is 0 Å². The van der Waals surface area contributed by atoms with Gasteiger partial charge in [-0.25, -0.2) is 9.59 Å². The fraction of sp³-hybridized carbons (Fsp3) is 0.429. The highest BCUT2D eigenvalue weighted by Crippen LogP contribution is 2.24. The third kappa shape index (κ3) is 5.13. The molecule has 0 spiro atoms. The highest BCUT2D eigenvalue weighted by Gasteiger charge is 2.30. The SMILES string of the molecule is CC(C)(C)OC(=O)N[C@H](C(=O)O)[C@@H](S)c1ccccc1. The van der Waals surface area contributed by atoms with Crippen LogP contribution < -0.4 is 5.32 Å². The summed E-state index contributed by atoms with van der Waals surface area (Å²) in [5, 5.41) is 10.9. The molecule has 20 heavy (non-hydrogen) atoms. The molecule has 0 saturated heterocycles. The number of carbonyl (C=O) groups excluding carboxylic acids is 1. The third-order valence-electron chi connectivity index (χ3n) is 2.40. The van der Waals surface area contributed by atoms with Crippen LogP contribution in [0.1, 0.15) is 31.6 Å². The lowest BCUT2D eigenvalue weighted by Crippen LogP contribution is -2.45. The number of nitrogens with one attached hydrogen (secondary N) is 1. The molecule has 1 rings (SSSR count). The molecule has 0 aliphatic heterocycles. The molecule has 5 nitrogen and oxygen atoms in total. The van der Waals surface area contributed by atoms with Gasteiger partial charge in [-0.1, -0.05) is 30.3 Å². The lowest BCUT2D eigenvalue weighted by molar-refractivity contribution is -0.139. The maximum Gasteiger partial charge on any atom is 0.408 e. The van der Waals surface area contributed by atoms with Crippen LogP contribution in [0.3, 0.4) is 0 Å². The van der Waals surface area contributed by atoms with Gasteiger partial charge in [0, 0.05) is 0 Å². The van der Waals surface area contributed by atoms with Gasteiger partial charge < -0.3 is 15.2 Å². The minimum Gasteiger partial charge on any atom is -0.480 e. The monoisotopic (exact) mass is 297 g/mol. The van der Waals surface area contributed by atoms with Crippen molar-refractivity contribution in [3.8, 4) is 0 Å². The number of hydrogen-bond acceptors (Lipinski definition) is 4. The summed E-state index contributed by atoms with van der Waals surface area (Å²) < 4.78 is 5.06. The summed E-state index contributed by atoms with van der Waals surface area (Å²) in [6.07, 6.45) is -0.778. The Balaban J connectivity index is 2.80. The molecule has 0 unspecified atom stereocenters. The van der Waals surface area contributed by atoms with Gasteiger partial charge in [0.05, 0.1) is 5.25 Å². The molecule has 0 radical (unpaired) electrons. The van der Waals surface area contributed by atoms with Gasteiger partial charge in [0.1, 0.15) is 11.6 Å². The molecular formula is C14H19NO4S. The van der Waals surface area contributed by atoms with Gasteiger partial charge in [0.15, 0.2) is 0 Å². The fourth-order valence-corrected chi connectivity index (χ4v) is 1.93. The highest BCUT2D eigenvalue weighted by atomic mass is 32.1. The van der Waals surface area contributed by atoms with E-state index in [1.807, 2.05) is 6.07 Å². The second-order valence-corrected chi connectivity index (χ2v) is 5.87. The van der Waals surface area contributed by atoms with E-state index in [2.05, 4.69) is 17.9 Å². The minimum absolute atomic E-state index is 0.666. The van der Waals surface area contributed by atoms with E-state index >= 15 is 0 Å². The van der Waals surface area contributed by atoms with Crippen LogP contribution >= 0.6 is 12.6 Å². The Labute approximate surface area is 123 Å². The average Bonchev–Trinajstić information content (AvgIpc) is 2.34. The first kappa shape index (κ1) is 16.4. The van der Waals surface area contributed by atoms with Crippen molar-refractivity contribution in [1.82, 2.24) is 5.32 Å². The lowest BCUT2D eigenvalue weighted by atomic mass is 10.1. The molecular weight excluding hydrogens is 278 g/mol. The summed E-state index contributed by atoms with van der Waals surface area (Å²) in [5.41, 5.74) is 0.0192. The van der Waals surface area contributed by atoms with Crippen LogP contribution in [-0.2, 0) is 9.53 Å². The maximum absolute atomic E-state index is 11.7. The van der Waals surface area contributed by atoms with E-state index in [9.17, 15) is 14.7 Å². The van der Waals surface area contributed by atoms with Gasteiger partial charge in [0.2, 0.25) is 0 Å². The zero-order valence-corrected chi connectivity index (χ0v) is 12.6. The Hall–Kier alpha value is -1.69. The number of amides is 1. The maximum atomic E-state index is 11.7. The Morgan fingerprint density at radius 3 is 2.25 bits per heavy atom. The molecule has 0 heterocycles. The number of carboxylic acid groups (broad SMARTS) is 1. The van der Waals surface area contributed by atoms with Crippen molar-refractivity contribution in [3.63, 3.8) is 0 Å². The summed E-state index contributed by atoms with van der Waals surface area (Å²) in [7, 11) is 0. The number of rotatable bonds is 4. The van der Waals surface area contributed by atoms with Crippen LogP contribution in [0.5, 0.6) is 0 Å². The molecule has 2 atom stereocenters. The molecule has 0 bridgehead atoms. The lowest BCUT2D eigenvalue weighted by Gasteiger charge is -2.24. The molecule has 1 aromatic rings. The predicted molar refractivity (Wildman–Crippen MR) is 79.0 cm³/mol. The van der Waals surface area contributed by atoms with E-state index in [1.165, 1.54) is 0 Å². The number of thiol groups is 1. The first-order chi connectivity index (χ1) is 9.20. The molecule has 0 fully saturated rings. The van der Waals surface area contributed by atoms with E-state index in [0.717, 1.165) is 0 Å². The molecule has 0 aliphatic rings. The molecule has 1 aromatic carbocycles. The topological polar surface area (TPSA) is 75.6 Å². The van der Waals surface area contributed by atoms with Crippen molar-refractivity contribution in [2.75, 3.05) is 0 Å². The van der Waals surface area contributed by atoms with E-state index < -0.39 is 29.0 Å². The Morgan fingerprint density at radius 2 is 1.80 bits per heavy atom. The van der Waals surface area contributed by atoms with Crippen molar-refractivity contribution in [2.45, 2.75) is 37.7 Å². The van der Waals surface area contributed by atoms with Crippen LogP contribution in [-0.4, -0.2) is 28.8 Å². The van der Waals surface area contributed by atoms with Crippen LogP contribution in [0.4, 0.5) is 4.79 Å². The van der Waals surface area contributed by atoms with Crippen molar-refractivity contribution >= 4 is 24.7 Å². The van der Waals surface area contributed by atoms with Crippen LogP contribution in [0.2, 0.25) is 0 Å². The molecule has 1 amide bonds. The standard InChI is InChI=1S/C14H19NO4S/c1-14(2,3)19-13(18)15-10(12(16)17)11(20)9-7-5-4-6-8-9/h4-8,10-11,20H,1-3H3,(H,15,18)(H,16,17)/t10-,11-/m0/s1. The minimum atomic E-state index is -1.17. The quantitative estimate of drug-likeness (QED) is 0.747. The van der Waals surface area contributed by atoms with Crippen molar-refractivity contribution in [2.24, 2.45) is 0 Å². The van der Waals surface area contributed by atoms with Gasteiger partial charge in [-0.15, -0.1) is 0 Å². The largest absolute Gasteiger partial charge is 0.480 e. The Bertz CT molecular complexity index is 470. The summed E-state index contributed by atoms with van der Waals surface area (Å²) >= 11 is 4.29. The highest BCUT2D eigenvalue weighted by molar-refractivity contribution is 7.80. The second-order valence-electron chi connectivity index (χ2n) is 5.32. The second kappa shape index (κ2) is 6.65. The first-order valence-electron chi connectivity index (χ1n) is 6.16. The van der Waals surface area contributed by atoms with Gasteiger partial charge >= 0.3 is 12.1 Å². The van der Waals surface area contributed by atoms with E-state index in [1.54, 1.807) is 45.0 Å². The number of hydrogen-bond donors (Lipinski definition) is 3. The Kier molecular flexibility index (Phi) is 5.44. The van der Waals surface area contributed by atoms with Crippen molar-refractivity contribution < 1.29 is 19.4 Å². The molecule has 6 heteroatoms. The number of benzene rings is 1. The number of ether oxygens (including phenoxy) is 1. The molecule has 0 saturated carbocycles. The number of aliphatic carboxylic acids is 1. The van der Waals surface area contributed by atoms with Gasteiger partial charge in [-0.05, 0) is 26.3 Å². The Morgan fingerprint density at radius 1 is 1.25 bits per heavy atom.